The standard InChI is InChI=1S/C18H22ClN3O4/c1-26-8-7-20-11-13(9-16(20)23)18(25)21-5-6-22(17(24)12-21)15-4-2-3-14(19)10-15/h2-4,10,13H,5-9,11-12H2,1H3. The van der Waals surface area contributed by atoms with Gasteiger partial charge >= 0.3 is 0 Å². The van der Waals surface area contributed by atoms with Crippen LogP contribution in [-0.2, 0) is 19.1 Å². The molecule has 1 unspecified atom stereocenters. The fraction of sp³-hybridized carbons (Fsp3) is 0.500. The molecule has 1 aromatic carbocycles. The van der Waals surface area contributed by atoms with Gasteiger partial charge in [-0.3, -0.25) is 14.4 Å². The van der Waals surface area contributed by atoms with Gasteiger partial charge in [-0.05, 0) is 18.2 Å². The normalized spacial score (nSPS) is 20.8. The number of hydrogen-bond acceptors (Lipinski definition) is 4. The predicted octanol–water partition coefficient (Wildman–Crippen LogP) is 1.01. The van der Waals surface area contributed by atoms with Crippen molar-refractivity contribution in [3.8, 4) is 0 Å². The third-order valence-electron chi connectivity index (χ3n) is 4.78. The molecule has 2 aliphatic heterocycles. The van der Waals surface area contributed by atoms with E-state index in [9.17, 15) is 14.4 Å². The third kappa shape index (κ3) is 3.99. The van der Waals surface area contributed by atoms with Crippen LogP contribution in [0.4, 0.5) is 5.69 Å². The largest absolute Gasteiger partial charge is 0.383 e. The summed E-state index contributed by atoms with van der Waals surface area (Å²) in [5.74, 6) is -0.695. The van der Waals surface area contributed by atoms with Gasteiger partial charge in [0.25, 0.3) is 0 Å². The van der Waals surface area contributed by atoms with E-state index in [1.165, 1.54) is 0 Å². The minimum Gasteiger partial charge on any atom is -0.383 e. The lowest BCUT2D eigenvalue weighted by Crippen LogP contribution is -2.54. The number of rotatable bonds is 5. The van der Waals surface area contributed by atoms with Crippen LogP contribution < -0.4 is 4.90 Å². The first-order valence-electron chi connectivity index (χ1n) is 8.61. The zero-order valence-corrected chi connectivity index (χ0v) is 15.4. The van der Waals surface area contributed by atoms with E-state index in [0.717, 1.165) is 5.69 Å². The number of anilines is 1. The molecule has 0 aromatic heterocycles. The first kappa shape index (κ1) is 18.7. The Morgan fingerprint density at radius 2 is 2.08 bits per heavy atom. The molecule has 0 bridgehead atoms. The van der Waals surface area contributed by atoms with Gasteiger partial charge in [0.1, 0.15) is 6.54 Å². The van der Waals surface area contributed by atoms with E-state index in [-0.39, 0.29) is 36.6 Å². The van der Waals surface area contributed by atoms with Gasteiger partial charge in [0.15, 0.2) is 0 Å². The van der Waals surface area contributed by atoms with Crippen molar-refractivity contribution in [1.82, 2.24) is 9.80 Å². The van der Waals surface area contributed by atoms with E-state index < -0.39 is 0 Å². The number of likely N-dealkylation sites (tertiary alicyclic amines) is 1. The van der Waals surface area contributed by atoms with E-state index in [1.807, 2.05) is 6.07 Å². The van der Waals surface area contributed by atoms with E-state index in [2.05, 4.69) is 0 Å². The van der Waals surface area contributed by atoms with Crippen LogP contribution >= 0.6 is 11.6 Å². The molecule has 7 nitrogen and oxygen atoms in total. The fourth-order valence-electron chi connectivity index (χ4n) is 3.39. The fourth-order valence-corrected chi connectivity index (χ4v) is 3.58. The number of carbonyl (C=O) groups excluding carboxylic acids is 3. The average Bonchev–Trinajstić information content (AvgIpc) is 3.00. The Kier molecular flexibility index (Phi) is 5.78. The molecular formula is C18H22ClN3O4. The number of amides is 3. The number of piperazine rings is 1. The Morgan fingerprint density at radius 1 is 1.27 bits per heavy atom. The van der Waals surface area contributed by atoms with Crippen LogP contribution in [0.1, 0.15) is 6.42 Å². The van der Waals surface area contributed by atoms with Crippen molar-refractivity contribution in [1.29, 1.82) is 0 Å². The molecule has 0 N–H and O–H groups in total. The third-order valence-corrected chi connectivity index (χ3v) is 5.02. The lowest BCUT2D eigenvalue weighted by molar-refractivity contribution is -0.140. The molecule has 26 heavy (non-hydrogen) atoms. The summed E-state index contributed by atoms with van der Waals surface area (Å²) in [4.78, 5) is 42.1. The molecule has 2 saturated heterocycles. The van der Waals surface area contributed by atoms with Gasteiger partial charge in [0, 0.05) is 50.4 Å². The average molecular weight is 380 g/mol. The second-order valence-corrected chi connectivity index (χ2v) is 6.96. The minimum atomic E-state index is -0.384. The molecule has 1 atom stereocenters. The van der Waals surface area contributed by atoms with Crippen LogP contribution in [0.5, 0.6) is 0 Å². The van der Waals surface area contributed by atoms with Gasteiger partial charge in [-0.1, -0.05) is 17.7 Å². The summed E-state index contributed by atoms with van der Waals surface area (Å²) in [6.07, 6.45) is 0.200. The molecule has 8 heteroatoms. The number of hydrogen-bond donors (Lipinski definition) is 0. The van der Waals surface area contributed by atoms with Crippen LogP contribution in [0.25, 0.3) is 0 Å². The van der Waals surface area contributed by atoms with E-state index in [1.54, 1.807) is 40.0 Å². The molecule has 2 aliphatic rings. The molecule has 2 fully saturated rings. The highest BCUT2D eigenvalue weighted by molar-refractivity contribution is 6.30. The van der Waals surface area contributed by atoms with Gasteiger partial charge in [-0.15, -0.1) is 0 Å². The number of carbonyl (C=O) groups is 3. The number of nitrogens with zero attached hydrogens (tertiary/aromatic N) is 3. The summed E-state index contributed by atoms with van der Waals surface area (Å²) >= 11 is 5.99. The van der Waals surface area contributed by atoms with E-state index in [0.29, 0.717) is 37.8 Å². The Morgan fingerprint density at radius 3 is 2.77 bits per heavy atom. The van der Waals surface area contributed by atoms with Crippen LogP contribution in [0.3, 0.4) is 0 Å². The quantitative estimate of drug-likeness (QED) is 0.765. The second-order valence-electron chi connectivity index (χ2n) is 6.52. The Labute approximate surface area is 157 Å². The maximum absolute atomic E-state index is 12.7. The molecule has 0 radical (unpaired) electrons. The summed E-state index contributed by atoms with van der Waals surface area (Å²) < 4.78 is 4.99. The van der Waals surface area contributed by atoms with Crippen molar-refractivity contribution < 1.29 is 19.1 Å². The molecular weight excluding hydrogens is 358 g/mol. The lowest BCUT2D eigenvalue weighted by Gasteiger charge is -2.35. The first-order chi connectivity index (χ1) is 12.5. The topological polar surface area (TPSA) is 70.2 Å². The first-order valence-corrected chi connectivity index (χ1v) is 8.99. The summed E-state index contributed by atoms with van der Waals surface area (Å²) in [5, 5.41) is 0.564. The minimum absolute atomic E-state index is 0.0219. The summed E-state index contributed by atoms with van der Waals surface area (Å²) in [6, 6.07) is 7.10. The Bertz CT molecular complexity index is 711. The molecule has 1 aromatic rings. The number of halogens is 1. The predicted molar refractivity (Wildman–Crippen MR) is 96.9 cm³/mol. The highest BCUT2D eigenvalue weighted by Crippen LogP contribution is 2.24. The molecule has 140 valence electrons. The van der Waals surface area contributed by atoms with Gasteiger partial charge in [-0.2, -0.15) is 0 Å². The van der Waals surface area contributed by atoms with Gasteiger partial charge in [0.2, 0.25) is 17.7 Å². The summed E-state index contributed by atoms with van der Waals surface area (Å²) in [5.41, 5.74) is 0.733. The monoisotopic (exact) mass is 379 g/mol. The zero-order chi connectivity index (χ0) is 18.7. The van der Waals surface area contributed by atoms with Crippen LogP contribution in [0.15, 0.2) is 24.3 Å². The highest BCUT2D eigenvalue weighted by atomic mass is 35.5. The van der Waals surface area contributed by atoms with E-state index >= 15 is 0 Å². The lowest BCUT2D eigenvalue weighted by atomic mass is 10.1. The number of methoxy groups -OCH3 is 1. The molecule has 3 rings (SSSR count). The summed E-state index contributed by atoms with van der Waals surface area (Å²) in [6.45, 7) is 2.21. The number of benzene rings is 1. The molecule has 2 heterocycles. The Balaban J connectivity index is 1.59. The molecule has 0 spiro atoms. The smallest absolute Gasteiger partial charge is 0.246 e. The van der Waals surface area contributed by atoms with Gasteiger partial charge in [0.05, 0.1) is 12.5 Å². The van der Waals surface area contributed by atoms with Crippen molar-refractivity contribution in [2.75, 3.05) is 51.3 Å². The molecule has 0 aliphatic carbocycles. The van der Waals surface area contributed by atoms with Crippen LogP contribution in [0.2, 0.25) is 5.02 Å². The second kappa shape index (κ2) is 8.05. The van der Waals surface area contributed by atoms with Crippen molar-refractivity contribution >= 4 is 35.0 Å². The van der Waals surface area contributed by atoms with Crippen LogP contribution in [0, 0.1) is 5.92 Å². The SMILES string of the molecule is COCCN1CC(C(=O)N2CCN(c3cccc(Cl)c3)C(=O)C2)CC1=O. The van der Waals surface area contributed by atoms with Gasteiger partial charge < -0.3 is 19.4 Å². The van der Waals surface area contributed by atoms with Crippen LogP contribution in [-0.4, -0.2) is 74.0 Å². The highest BCUT2D eigenvalue weighted by Gasteiger charge is 2.38. The van der Waals surface area contributed by atoms with Crippen molar-refractivity contribution in [2.45, 2.75) is 6.42 Å². The maximum Gasteiger partial charge on any atom is 0.246 e. The maximum atomic E-state index is 12.7. The molecule has 0 saturated carbocycles. The Hall–Kier alpha value is -2.12. The zero-order valence-electron chi connectivity index (χ0n) is 14.7. The molecule has 3 amide bonds. The van der Waals surface area contributed by atoms with E-state index in [4.69, 9.17) is 16.3 Å². The van der Waals surface area contributed by atoms with Crippen molar-refractivity contribution in [3.63, 3.8) is 0 Å². The summed E-state index contributed by atoms with van der Waals surface area (Å²) in [7, 11) is 1.58. The van der Waals surface area contributed by atoms with Crippen molar-refractivity contribution in [2.24, 2.45) is 5.92 Å². The van der Waals surface area contributed by atoms with Crippen molar-refractivity contribution in [3.05, 3.63) is 29.3 Å². The number of ether oxygens (including phenoxy) is 1. The van der Waals surface area contributed by atoms with Gasteiger partial charge in [-0.25, -0.2) is 0 Å².